The molecule has 24 heavy (non-hydrogen) atoms. The van der Waals surface area contributed by atoms with Crippen LogP contribution < -0.4 is 9.47 Å². The zero-order chi connectivity index (χ0) is 18.0. The third kappa shape index (κ3) is 5.68. The summed E-state index contributed by atoms with van der Waals surface area (Å²) in [4.78, 5) is 1.50. The molecular weight excluding hydrogens is 320 g/mol. The summed E-state index contributed by atoms with van der Waals surface area (Å²) in [5.74, 6) is 1.55. The smallest absolute Gasteiger partial charge is 0.120 e. The lowest BCUT2D eigenvalue weighted by Crippen LogP contribution is -2.22. The Morgan fingerprint density at radius 2 is 0.917 bits per heavy atom. The Morgan fingerprint density at radius 3 is 1.17 bits per heavy atom. The van der Waals surface area contributed by atoms with Crippen molar-refractivity contribution in [3.63, 3.8) is 0 Å². The molecule has 0 unspecified atom stereocenters. The third-order valence-electron chi connectivity index (χ3n) is 2.92. The second-order valence-electron chi connectivity index (χ2n) is 7.64. The van der Waals surface area contributed by atoms with Crippen molar-refractivity contribution in [2.24, 2.45) is 0 Å². The normalized spacial score (nSPS) is 12.3. The highest BCUT2D eigenvalue weighted by Gasteiger charge is 2.14. The summed E-state index contributed by atoms with van der Waals surface area (Å²) in [5.41, 5.74) is -0.493. The van der Waals surface area contributed by atoms with Gasteiger partial charge in [0.15, 0.2) is 0 Å². The first kappa shape index (κ1) is 18.5. The molecule has 0 radical (unpaired) electrons. The molecular formula is C20H26O3S. The summed E-state index contributed by atoms with van der Waals surface area (Å²) >= 11 is 0. The van der Waals surface area contributed by atoms with E-state index in [1.807, 2.05) is 90.1 Å². The summed E-state index contributed by atoms with van der Waals surface area (Å²) < 4.78 is 24.2. The van der Waals surface area contributed by atoms with E-state index in [9.17, 15) is 4.21 Å². The molecule has 2 aromatic carbocycles. The Kier molecular flexibility index (Phi) is 5.38. The molecule has 0 fully saturated rings. The van der Waals surface area contributed by atoms with Crippen LogP contribution in [0.1, 0.15) is 41.5 Å². The van der Waals surface area contributed by atoms with E-state index in [1.54, 1.807) is 0 Å². The lowest BCUT2D eigenvalue weighted by atomic mass is 10.2. The van der Waals surface area contributed by atoms with E-state index in [1.165, 1.54) is 0 Å². The van der Waals surface area contributed by atoms with Crippen LogP contribution in [0.4, 0.5) is 0 Å². The van der Waals surface area contributed by atoms with E-state index >= 15 is 0 Å². The van der Waals surface area contributed by atoms with Crippen molar-refractivity contribution in [2.75, 3.05) is 0 Å². The number of hydrogen-bond acceptors (Lipinski definition) is 3. The molecule has 0 heterocycles. The van der Waals surface area contributed by atoms with Gasteiger partial charge in [-0.05, 0) is 90.1 Å². The lowest BCUT2D eigenvalue weighted by Gasteiger charge is -2.21. The minimum atomic E-state index is -1.22. The Hall–Kier alpha value is -1.81. The van der Waals surface area contributed by atoms with Crippen LogP contribution in [0.2, 0.25) is 0 Å². The minimum Gasteiger partial charge on any atom is -0.488 e. The lowest BCUT2D eigenvalue weighted by molar-refractivity contribution is 0.130. The number of benzene rings is 2. The van der Waals surface area contributed by atoms with Crippen LogP contribution in [0.3, 0.4) is 0 Å². The summed E-state index contributed by atoms with van der Waals surface area (Å²) in [6.07, 6.45) is 0. The van der Waals surface area contributed by atoms with Crippen LogP contribution in [0.15, 0.2) is 58.3 Å². The number of hydrogen-bond donors (Lipinski definition) is 0. The first-order chi connectivity index (χ1) is 11.0. The molecule has 130 valence electrons. The highest BCUT2D eigenvalue weighted by molar-refractivity contribution is 7.85. The summed E-state index contributed by atoms with van der Waals surface area (Å²) in [6.45, 7) is 12.0. The van der Waals surface area contributed by atoms with Crippen molar-refractivity contribution < 1.29 is 13.7 Å². The van der Waals surface area contributed by atoms with Crippen LogP contribution in [-0.4, -0.2) is 15.4 Å². The highest BCUT2D eigenvalue weighted by atomic mass is 32.2. The summed E-state index contributed by atoms with van der Waals surface area (Å²) in [7, 11) is -1.22. The SMILES string of the molecule is CC(C)(C)Oc1ccc(S(=O)c2ccc(OC(C)(C)C)cc2)cc1. The molecule has 0 N–H and O–H groups in total. The molecule has 0 aliphatic heterocycles. The summed E-state index contributed by atoms with van der Waals surface area (Å²) in [6, 6.07) is 14.8. The molecule has 0 saturated carbocycles. The maximum absolute atomic E-state index is 12.7. The molecule has 0 saturated heterocycles. The van der Waals surface area contributed by atoms with Crippen LogP contribution in [0, 0.1) is 0 Å². The van der Waals surface area contributed by atoms with E-state index in [4.69, 9.17) is 9.47 Å². The molecule has 0 bridgehead atoms. The average molecular weight is 346 g/mol. The van der Waals surface area contributed by atoms with E-state index < -0.39 is 10.8 Å². The zero-order valence-electron chi connectivity index (χ0n) is 15.3. The predicted molar refractivity (Wildman–Crippen MR) is 98.3 cm³/mol. The zero-order valence-corrected chi connectivity index (χ0v) is 16.1. The molecule has 3 nitrogen and oxygen atoms in total. The van der Waals surface area contributed by atoms with Gasteiger partial charge >= 0.3 is 0 Å². The quantitative estimate of drug-likeness (QED) is 0.762. The Labute approximate surface area is 147 Å². The maximum Gasteiger partial charge on any atom is 0.120 e. The van der Waals surface area contributed by atoms with Gasteiger partial charge in [-0.1, -0.05) is 0 Å². The van der Waals surface area contributed by atoms with Gasteiger partial charge in [-0.25, -0.2) is 4.21 Å². The minimum absolute atomic E-state index is 0.246. The number of ether oxygens (including phenoxy) is 2. The Morgan fingerprint density at radius 1 is 0.625 bits per heavy atom. The third-order valence-corrected chi connectivity index (χ3v) is 4.32. The van der Waals surface area contributed by atoms with Crippen LogP contribution in [0.25, 0.3) is 0 Å². The average Bonchev–Trinajstić information content (AvgIpc) is 2.45. The van der Waals surface area contributed by atoms with Gasteiger partial charge in [-0.2, -0.15) is 0 Å². The molecule has 0 aliphatic rings. The first-order valence-corrected chi connectivity index (χ1v) is 9.18. The molecule has 0 aliphatic carbocycles. The van der Waals surface area contributed by atoms with Crippen LogP contribution in [-0.2, 0) is 10.8 Å². The van der Waals surface area contributed by atoms with Crippen molar-refractivity contribution in [3.8, 4) is 11.5 Å². The van der Waals surface area contributed by atoms with Crippen molar-refractivity contribution in [3.05, 3.63) is 48.5 Å². The molecule has 0 aromatic heterocycles. The van der Waals surface area contributed by atoms with Gasteiger partial charge in [0.2, 0.25) is 0 Å². The van der Waals surface area contributed by atoms with E-state index in [2.05, 4.69) is 0 Å². The highest BCUT2D eigenvalue weighted by Crippen LogP contribution is 2.24. The monoisotopic (exact) mass is 346 g/mol. The maximum atomic E-state index is 12.7. The van der Waals surface area contributed by atoms with Gasteiger partial charge in [0, 0.05) is 9.79 Å². The largest absolute Gasteiger partial charge is 0.488 e. The van der Waals surface area contributed by atoms with Gasteiger partial charge in [0.25, 0.3) is 0 Å². The predicted octanol–water partition coefficient (Wildman–Crippen LogP) is 5.21. The van der Waals surface area contributed by atoms with Crippen molar-refractivity contribution in [1.29, 1.82) is 0 Å². The second kappa shape index (κ2) is 6.98. The van der Waals surface area contributed by atoms with Gasteiger partial charge < -0.3 is 9.47 Å². The van der Waals surface area contributed by atoms with Gasteiger partial charge in [0.1, 0.15) is 22.7 Å². The molecule has 2 rings (SSSR count). The standard InChI is InChI=1S/C20H26O3S/c1-19(2,3)22-15-7-11-17(12-8-15)24(21)18-13-9-16(10-14-18)23-20(4,5)6/h7-14H,1-6H3. The fraction of sp³-hybridized carbons (Fsp3) is 0.400. The van der Waals surface area contributed by atoms with Gasteiger partial charge in [-0.15, -0.1) is 0 Å². The Balaban J connectivity index is 2.11. The van der Waals surface area contributed by atoms with Gasteiger partial charge in [0.05, 0.1) is 10.8 Å². The fourth-order valence-electron chi connectivity index (χ4n) is 2.11. The Bertz CT molecular complexity index is 628. The molecule has 0 amide bonds. The molecule has 2 aromatic rings. The van der Waals surface area contributed by atoms with Crippen LogP contribution in [0.5, 0.6) is 11.5 Å². The van der Waals surface area contributed by atoms with Crippen molar-refractivity contribution in [2.45, 2.75) is 62.5 Å². The number of rotatable bonds is 4. The molecule has 0 atom stereocenters. The van der Waals surface area contributed by atoms with E-state index in [0.717, 1.165) is 21.3 Å². The summed E-state index contributed by atoms with van der Waals surface area (Å²) in [5, 5.41) is 0. The molecule has 0 spiro atoms. The van der Waals surface area contributed by atoms with E-state index in [0.29, 0.717) is 0 Å². The molecule has 4 heteroatoms. The van der Waals surface area contributed by atoms with Crippen LogP contribution >= 0.6 is 0 Å². The van der Waals surface area contributed by atoms with Crippen molar-refractivity contribution in [1.82, 2.24) is 0 Å². The topological polar surface area (TPSA) is 35.5 Å². The first-order valence-electron chi connectivity index (χ1n) is 8.03. The van der Waals surface area contributed by atoms with Crippen molar-refractivity contribution >= 4 is 10.8 Å². The van der Waals surface area contributed by atoms with Gasteiger partial charge in [-0.3, -0.25) is 0 Å². The van der Waals surface area contributed by atoms with E-state index in [-0.39, 0.29) is 11.2 Å². The second-order valence-corrected chi connectivity index (χ2v) is 9.12. The fourth-order valence-corrected chi connectivity index (χ4v) is 3.14.